The molecule has 0 aliphatic carbocycles. The van der Waals surface area contributed by atoms with Crippen LogP contribution in [0.3, 0.4) is 0 Å². The van der Waals surface area contributed by atoms with Gasteiger partial charge in [0.15, 0.2) is 17.3 Å². The van der Waals surface area contributed by atoms with Crippen molar-refractivity contribution in [1.29, 1.82) is 0 Å². The van der Waals surface area contributed by atoms with Crippen LogP contribution in [0.1, 0.15) is 30.8 Å². The number of H-pyrrole nitrogens is 1. The fourth-order valence-electron chi connectivity index (χ4n) is 2.51. The van der Waals surface area contributed by atoms with Crippen LogP contribution >= 0.6 is 0 Å². The second-order valence-electron chi connectivity index (χ2n) is 5.75. The van der Waals surface area contributed by atoms with E-state index in [9.17, 15) is 4.79 Å². The summed E-state index contributed by atoms with van der Waals surface area (Å²) >= 11 is 0. The zero-order valence-corrected chi connectivity index (χ0v) is 15.2. The predicted octanol–water partition coefficient (Wildman–Crippen LogP) is 1.68. The van der Waals surface area contributed by atoms with Crippen LogP contribution in [0, 0.1) is 0 Å². The van der Waals surface area contributed by atoms with Gasteiger partial charge >= 0.3 is 0 Å². The number of nitrogens with one attached hydrogen (secondary N) is 2. The summed E-state index contributed by atoms with van der Waals surface area (Å²) in [7, 11) is 3.15. The minimum atomic E-state index is -0.190. The largest absolute Gasteiger partial charge is 0.493 e. The third-order valence-electron chi connectivity index (χ3n) is 3.95. The van der Waals surface area contributed by atoms with Crippen LogP contribution in [-0.4, -0.2) is 45.4 Å². The molecule has 0 aliphatic rings. The molecular weight excluding hydrogens is 352 g/mol. The Morgan fingerprint density at radius 1 is 1.30 bits per heavy atom. The number of hydrogen-bond donors (Lipinski definition) is 2. The number of rotatable bonds is 8. The number of carbonyl (C=O) groups excluding carboxylic acids is 1. The SMILES string of the molecule is COc1ccc(C(C)NC(=O)CCc2nc(-c3ncn[nH]3)no2)cc1OC. The van der Waals surface area contributed by atoms with Crippen LogP contribution in [0.25, 0.3) is 11.6 Å². The topological polar surface area (TPSA) is 128 Å². The maximum atomic E-state index is 12.2. The molecule has 3 rings (SSSR count). The van der Waals surface area contributed by atoms with Crippen LogP contribution in [-0.2, 0) is 11.2 Å². The van der Waals surface area contributed by atoms with Gasteiger partial charge < -0.3 is 19.3 Å². The molecule has 0 bridgehead atoms. The molecule has 2 heterocycles. The van der Waals surface area contributed by atoms with E-state index in [1.807, 2.05) is 19.1 Å². The first kappa shape index (κ1) is 18.4. The van der Waals surface area contributed by atoms with Gasteiger partial charge in [0.05, 0.1) is 20.3 Å². The standard InChI is InChI=1S/C17H20N6O4/c1-10(11-4-5-12(25-2)13(8-11)26-3)20-14(24)6-7-15-21-17(23-27-15)16-18-9-19-22-16/h4-5,8-10H,6-7H2,1-3H3,(H,20,24)(H,18,19,22). The van der Waals surface area contributed by atoms with E-state index < -0.39 is 0 Å². The average molecular weight is 372 g/mol. The second-order valence-corrected chi connectivity index (χ2v) is 5.75. The smallest absolute Gasteiger partial charge is 0.239 e. The molecule has 0 spiro atoms. The first-order valence-corrected chi connectivity index (χ1v) is 8.30. The van der Waals surface area contributed by atoms with Gasteiger partial charge in [0.1, 0.15) is 6.33 Å². The number of amides is 1. The molecule has 3 aromatic rings. The Hall–Kier alpha value is -3.43. The zero-order chi connectivity index (χ0) is 19.2. The summed E-state index contributed by atoms with van der Waals surface area (Å²) in [5, 5.41) is 13.1. The average Bonchev–Trinajstić information content (AvgIpc) is 3.37. The number of nitrogens with zero attached hydrogens (tertiary/aromatic N) is 4. The first-order valence-electron chi connectivity index (χ1n) is 8.30. The minimum Gasteiger partial charge on any atom is -0.493 e. The Labute approximate surface area is 155 Å². The highest BCUT2D eigenvalue weighted by Gasteiger charge is 2.15. The lowest BCUT2D eigenvalue weighted by atomic mass is 10.1. The number of ether oxygens (including phenoxy) is 2. The van der Waals surface area contributed by atoms with Crippen LogP contribution in [0.5, 0.6) is 11.5 Å². The van der Waals surface area contributed by atoms with Crippen molar-refractivity contribution in [2.24, 2.45) is 0 Å². The summed E-state index contributed by atoms with van der Waals surface area (Å²) in [6.07, 6.45) is 1.90. The van der Waals surface area contributed by atoms with E-state index in [1.165, 1.54) is 6.33 Å². The maximum Gasteiger partial charge on any atom is 0.239 e. The molecule has 10 heteroatoms. The molecule has 0 fully saturated rings. The number of carbonyl (C=O) groups is 1. The summed E-state index contributed by atoms with van der Waals surface area (Å²) in [4.78, 5) is 20.4. The van der Waals surface area contributed by atoms with E-state index in [0.29, 0.717) is 35.5 Å². The molecule has 142 valence electrons. The molecule has 0 aliphatic heterocycles. The Bertz CT molecular complexity index is 893. The second kappa shape index (κ2) is 8.30. The Kier molecular flexibility index (Phi) is 5.64. The highest BCUT2D eigenvalue weighted by atomic mass is 16.5. The quantitative estimate of drug-likeness (QED) is 0.611. The number of methoxy groups -OCH3 is 2. The van der Waals surface area contributed by atoms with E-state index in [1.54, 1.807) is 20.3 Å². The fourth-order valence-corrected chi connectivity index (χ4v) is 2.51. The summed E-state index contributed by atoms with van der Waals surface area (Å²) < 4.78 is 15.6. The molecule has 1 aromatic carbocycles. The van der Waals surface area contributed by atoms with Gasteiger partial charge in [-0.25, -0.2) is 4.98 Å². The Morgan fingerprint density at radius 2 is 2.11 bits per heavy atom. The number of aromatic amines is 1. The Morgan fingerprint density at radius 3 is 2.81 bits per heavy atom. The molecule has 27 heavy (non-hydrogen) atoms. The molecule has 0 saturated carbocycles. The highest BCUT2D eigenvalue weighted by Crippen LogP contribution is 2.29. The van der Waals surface area contributed by atoms with E-state index in [-0.39, 0.29) is 18.4 Å². The normalized spacial score (nSPS) is 11.8. The minimum absolute atomic E-state index is 0.128. The number of benzene rings is 1. The Balaban J connectivity index is 1.54. The fraction of sp³-hybridized carbons (Fsp3) is 0.353. The van der Waals surface area contributed by atoms with Gasteiger partial charge in [0.25, 0.3) is 0 Å². The van der Waals surface area contributed by atoms with Crippen molar-refractivity contribution in [3.63, 3.8) is 0 Å². The first-order chi connectivity index (χ1) is 13.1. The number of aromatic nitrogens is 5. The van der Waals surface area contributed by atoms with E-state index in [4.69, 9.17) is 14.0 Å². The van der Waals surface area contributed by atoms with Crippen molar-refractivity contribution >= 4 is 5.91 Å². The predicted molar refractivity (Wildman–Crippen MR) is 94.1 cm³/mol. The van der Waals surface area contributed by atoms with E-state index in [0.717, 1.165) is 5.56 Å². The van der Waals surface area contributed by atoms with Crippen molar-refractivity contribution in [2.45, 2.75) is 25.8 Å². The zero-order valence-electron chi connectivity index (χ0n) is 15.2. The van der Waals surface area contributed by atoms with Crippen molar-refractivity contribution < 1.29 is 18.8 Å². The van der Waals surface area contributed by atoms with Crippen molar-refractivity contribution in [1.82, 2.24) is 30.6 Å². The monoisotopic (exact) mass is 372 g/mol. The van der Waals surface area contributed by atoms with E-state index in [2.05, 4.69) is 30.6 Å². The summed E-state index contributed by atoms with van der Waals surface area (Å²) in [5.74, 6) is 2.20. The van der Waals surface area contributed by atoms with Crippen LogP contribution in [0.2, 0.25) is 0 Å². The molecular formula is C17H20N6O4. The molecule has 0 radical (unpaired) electrons. The summed E-state index contributed by atoms with van der Waals surface area (Å²) in [6, 6.07) is 5.34. The van der Waals surface area contributed by atoms with Gasteiger partial charge in [0.2, 0.25) is 17.6 Å². The van der Waals surface area contributed by atoms with Gasteiger partial charge in [-0.1, -0.05) is 11.2 Å². The van der Waals surface area contributed by atoms with Crippen molar-refractivity contribution in [3.8, 4) is 23.1 Å². The lowest BCUT2D eigenvalue weighted by Crippen LogP contribution is -2.26. The highest BCUT2D eigenvalue weighted by molar-refractivity contribution is 5.76. The third kappa shape index (κ3) is 4.40. The van der Waals surface area contributed by atoms with Crippen LogP contribution < -0.4 is 14.8 Å². The summed E-state index contributed by atoms with van der Waals surface area (Å²) in [6.45, 7) is 1.90. The lowest BCUT2D eigenvalue weighted by Gasteiger charge is -2.16. The van der Waals surface area contributed by atoms with Crippen LogP contribution in [0.15, 0.2) is 29.0 Å². The van der Waals surface area contributed by atoms with Gasteiger partial charge in [0, 0.05) is 12.8 Å². The van der Waals surface area contributed by atoms with Gasteiger partial charge in [-0.05, 0) is 24.6 Å². The van der Waals surface area contributed by atoms with Gasteiger partial charge in [-0.2, -0.15) is 10.1 Å². The molecule has 1 amide bonds. The van der Waals surface area contributed by atoms with Crippen molar-refractivity contribution in [2.75, 3.05) is 14.2 Å². The number of aryl methyl sites for hydroxylation is 1. The third-order valence-corrected chi connectivity index (χ3v) is 3.95. The summed E-state index contributed by atoms with van der Waals surface area (Å²) in [5.41, 5.74) is 0.909. The van der Waals surface area contributed by atoms with Crippen LogP contribution in [0.4, 0.5) is 0 Å². The molecule has 0 saturated heterocycles. The molecule has 2 N–H and O–H groups in total. The molecule has 1 unspecified atom stereocenters. The molecule has 1 atom stereocenters. The molecule has 2 aromatic heterocycles. The van der Waals surface area contributed by atoms with Gasteiger partial charge in [-0.15, -0.1) is 0 Å². The van der Waals surface area contributed by atoms with E-state index >= 15 is 0 Å². The lowest BCUT2D eigenvalue weighted by molar-refractivity contribution is -0.121. The van der Waals surface area contributed by atoms with Crippen molar-refractivity contribution in [3.05, 3.63) is 36.0 Å². The number of hydrogen-bond acceptors (Lipinski definition) is 8. The molecule has 10 nitrogen and oxygen atoms in total. The maximum absolute atomic E-state index is 12.2. The van der Waals surface area contributed by atoms with Gasteiger partial charge in [-0.3, -0.25) is 9.89 Å².